The van der Waals surface area contributed by atoms with Crippen LogP contribution in [0.5, 0.6) is 11.5 Å². The molecule has 0 fully saturated rings. The van der Waals surface area contributed by atoms with Gasteiger partial charge in [-0.2, -0.15) is 5.10 Å². The molecule has 0 atom stereocenters. The second-order valence-corrected chi connectivity index (χ2v) is 4.67. The number of benzene rings is 2. The van der Waals surface area contributed by atoms with E-state index in [4.69, 9.17) is 9.47 Å². The number of methoxy groups -OCH3 is 1. The Kier molecular flexibility index (Phi) is 5.90. The summed E-state index contributed by atoms with van der Waals surface area (Å²) in [4.78, 5) is 22.2. The summed E-state index contributed by atoms with van der Waals surface area (Å²) < 4.78 is 10.3. The highest BCUT2D eigenvalue weighted by molar-refractivity contribution is 5.88. The molecular formula is C17H15N2O5-. The van der Waals surface area contributed by atoms with Gasteiger partial charge in [0, 0.05) is 0 Å². The fraction of sp³-hybridized carbons (Fsp3) is 0.118. The van der Waals surface area contributed by atoms with Crippen molar-refractivity contribution in [3.8, 4) is 11.5 Å². The minimum atomic E-state index is -1.25. The first kappa shape index (κ1) is 17.0. The van der Waals surface area contributed by atoms with Crippen molar-refractivity contribution in [2.45, 2.75) is 0 Å². The third-order valence-corrected chi connectivity index (χ3v) is 2.98. The third kappa shape index (κ3) is 5.13. The summed E-state index contributed by atoms with van der Waals surface area (Å²) in [6, 6.07) is 12.7. The van der Waals surface area contributed by atoms with Crippen LogP contribution in [0.4, 0.5) is 0 Å². The van der Waals surface area contributed by atoms with E-state index in [0.717, 1.165) is 0 Å². The Labute approximate surface area is 138 Å². The number of nitrogens with one attached hydrogen (secondary N) is 1. The van der Waals surface area contributed by atoms with Crippen molar-refractivity contribution >= 4 is 18.1 Å². The fourth-order valence-corrected chi connectivity index (χ4v) is 1.74. The summed E-state index contributed by atoms with van der Waals surface area (Å²) >= 11 is 0. The van der Waals surface area contributed by atoms with Gasteiger partial charge in [0.25, 0.3) is 5.91 Å². The van der Waals surface area contributed by atoms with E-state index < -0.39 is 11.9 Å². The molecule has 1 amide bonds. The highest BCUT2D eigenvalue weighted by Crippen LogP contribution is 2.16. The predicted octanol–water partition coefficient (Wildman–Crippen LogP) is 0.588. The molecule has 0 radical (unpaired) electrons. The molecule has 124 valence electrons. The Balaban J connectivity index is 1.78. The van der Waals surface area contributed by atoms with Crippen molar-refractivity contribution in [2.75, 3.05) is 13.7 Å². The number of carbonyl (C=O) groups excluding carboxylic acids is 2. The number of nitrogens with zero attached hydrogens (tertiary/aromatic N) is 1. The van der Waals surface area contributed by atoms with E-state index in [0.29, 0.717) is 17.1 Å². The molecule has 0 saturated carbocycles. The highest BCUT2D eigenvalue weighted by atomic mass is 16.5. The van der Waals surface area contributed by atoms with Crippen LogP contribution in [0.2, 0.25) is 0 Å². The SMILES string of the molecule is COc1ccc(OCC(=O)N/N=C\c2ccc(C(=O)[O-])cc2)cc1. The zero-order valence-corrected chi connectivity index (χ0v) is 12.9. The standard InChI is InChI=1S/C17H16N2O5/c1-23-14-6-8-15(9-7-14)24-11-16(20)19-18-10-12-2-4-13(5-3-12)17(21)22/h2-10H,11H2,1H3,(H,19,20)(H,21,22)/p-1/b18-10-. The number of aromatic carboxylic acids is 1. The van der Waals surface area contributed by atoms with Crippen molar-refractivity contribution in [3.63, 3.8) is 0 Å². The van der Waals surface area contributed by atoms with E-state index in [-0.39, 0.29) is 12.2 Å². The van der Waals surface area contributed by atoms with E-state index in [9.17, 15) is 14.7 Å². The summed E-state index contributed by atoms with van der Waals surface area (Å²) in [6.45, 7) is -0.187. The lowest BCUT2D eigenvalue weighted by atomic mass is 10.1. The molecule has 7 nitrogen and oxygen atoms in total. The maximum Gasteiger partial charge on any atom is 0.277 e. The van der Waals surface area contributed by atoms with Gasteiger partial charge < -0.3 is 19.4 Å². The number of hydrogen-bond acceptors (Lipinski definition) is 6. The maximum atomic E-state index is 11.6. The van der Waals surface area contributed by atoms with E-state index in [1.165, 1.54) is 18.3 Å². The minimum absolute atomic E-state index is 0.0732. The Bertz CT molecular complexity index is 724. The number of amides is 1. The van der Waals surface area contributed by atoms with Crippen molar-refractivity contribution in [2.24, 2.45) is 5.10 Å². The molecule has 0 saturated heterocycles. The third-order valence-electron chi connectivity index (χ3n) is 2.98. The lowest BCUT2D eigenvalue weighted by Crippen LogP contribution is -2.24. The fourth-order valence-electron chi connectivity index (χ4n) is 1.74. The minimum Gasteiger partial charge on any atom is -0.545 e. The molecule has 2 rings (SSSR count). The van der Waals surface area contributed by atoms with Gasteiger partial charge in [-0.05, 0) is 35.4 Å². The van der Waals surface area contributed by atoms with Crippen LogP contribution in [0.15, 0.2) is 53.6 Å². The lowest BCUT2D eigenvalue weighted by molar-refractivity contribution is -0.255. The molecule has 0 aliphatic rings. The smallest absolute Gasteiger partial charge is 0.277 e. The van der Waals surface area contributed by atoms with Crippen LogP contribution in [0, 0.1) is 0 Å². The topological polar surface area (TPSA) is 100 Å². The van der Waals surface area contributed by atoms with Crippen LogP contribution in [-0.2, 0) is 4.79 Å². The number of ether oxygens (including phenoxy) is 2. The van der Waals surface area contributed by atoms with E-state index in [1.807, 2.05) is 0 Å². The first-order valence-electron chi connectivity index (χ1n) is 6.98. The molecule has 24 heavy (non-hydrogen) atoms. The van der Waals surface area contributed by atoms with Crippen molar-refractivity contribution in [1.82, 2.24) is 5.43 Å². The van der Waals surface area contributed by atoms with Gasteiger partial charge in [0.05, 0.1) is 19.3 Å². The summed E-state index contributed by atoms with van der Waals surface area (Å²) in [5.41, 5.74) is 3.02. The Morgan fingerprint density at radius 2 is 1.71 bits per heavy atom. The molecule has 2 aromatic carbocycles. The van der Waals surface area contributed by atoms with Gasteiger partial charge in [-0.3, -0.25) is 4.79 Å². The Hall–Kier alpha value is -3.35. The summed E-state index contributed by atoms with van der Waals surface area (Å²) in [7, 11) is 1.56. The molecule has 1 N–H and O–H groups in total. The number of rotatable bonds is 7. The first-order valence-corrected chi connectivity index (χ1v) is 6.98. The quantitative estimate of drug-likeness (QED) is 0.592. The molecule has 0 aliphatic carbocycles. The molecule has 0 heterocycles. The van der Waals surface area contributed by atoms with Crippen LogP contribution in [0.3, 0.4) is 0 Å². The molecule has 0 spiro atoms. The lowest BCUT2D eigenvalue weighted by Gasteiger charge is -2.06. The second kappa shape index (κ2) is 8.33. The van der Waals surface area contributed by atoms with Crippen LogP contribution in [0.25, 0.3) is 0 Å². The number of carboxylic acid groups (broad SMARTS) is 1. The van der Waals surface area contributed by atoms with Gasteiger partial charge in [-0.1, -0.05) is 24.3 Å². The molecule has 0 unspecified atom stereocenters. The average Bonchev–Trinajstić information content (AvgIpc) is 2.61. The molecule has 7 heteroatoms. The van der Waals surface area contributed by atoms with E-state index in [1.54, 1.807) is 43.5 Å². The zero-order chi connectivity index (χ0) is 17.4. The van der Waals surface area contributed by atoms with E-state index in [2.05, 4.69) is 10.5 Å². The summed E-state index contributed by atoms with van der Waals surface area (Å²) in [5.74, 6) is -0.440. The number of hydrogen-bond donors (Lipinski definition) is 1. The van der Waals surface area contributed by atoms with Crippen molar-refractivity contribution < 1.29 is 24.2 Å². The second-order valence-electron chi connectivity index (χ2n) is 4.67. The largest absolute Gasteiger partial charge is 0.545 e. The Morgan fingerprint density at radius 3 is 2.29 bits per heavy atom. The molecule has 0 bridgehead atoms. The first-order chi connectivity index (χ1) is 11.6. The van der Waals surface area contributed by atoms with Crippen LogP contribution >= 0.6 is 0 Å². The van der Waals surface area contributed by atoms with E-state index >= 15 is 0 Å². The van der Waals surface area contributed by atoms with Gasteiger partial charge in [-0.25, -0.2) is 5.43 Å². The van der Waals surface area contributed by atoms with Gasteiger partial charge >= 0.3 is 0 Å². The van der Waals surface area contributed by atoms with Gasteiger partial charge in [0.1, 0.15) is 11.5 Å². The van der Waals surface area contributed by atoms with Gasteiger partial charge in [0.2, 0.25) is 0 Å². The van der Waals surface area contributed by atoms with Crippen LogP contribution in [-0.4, -0.2) is 31.8 Å². The zero-order valence-electron chi connectivity index (χ0n) is 12.9. The van der Waals surface area contributed by atoms with Crippen molar-refractivity contribution in [3.05, 3.63) is 59.7 Å². The molecule has 2 aromatic rings. The predicted molar refractivity (Wildman–Crippen MR) is 85.0 cm³/mol. The molecular weight excluding hydrogens is 312 g/mol. The van der Waals surface area contributed by atoms with Crippen molar-refractivity contribution in [1.29, 1.82) is 0 Å². The van der Waals surface area contributed by atoms with Gasteiger partial charge in [0.15, 0.2) is 6.61 Å². The average molecular weight is 327 g/mol. The highest BCUT2D eigenvalue weighted by Gasteiger charge is 2.01. The maximum absolute atomic E-state index is 11.6. The number of hydrazone groups is 1. The van der Waals surface area contributed by atoms with Crippen LogP contribution in [0.1, 0.15) is 15.9 Å². The van der Waals surface area contributed by atoms with Crippen LogP contribution < -0.4 is 20.0 Å². The summed E-state index contributed by atoms with van der Waals surface area (Å²) in [6.07, 6.45) is 1.39. The number of carboxylic acids is 1. The normalized spacial score (nSPS) is 10.4. The monoisotopic (exact) mass is 327 g/mol. The number of carbonyl (C=O) groups is 2. The summed E-state index contributed by atoms with van der Waals surface area (Å²) in [5, 5.41) is 14.4. The molecule has 0 aromatic heterocycles. The van der Waals surface area contributed by atoms with Gasteiger partial charge in [-0.15, -0.1) is 0 Å². The molecule has 0 aliphatic heterocycles. The Morgan fingerprint density at radius 1 is 1.08 bits per heavy atom.